The molecule has 0 fully saturated rings. The Morgan fingerprint density at radius 1 is 1.13 bits per heavy atom. The van der Waals surface area contributed by atoms with Crippen molar-refractivity contribution in [3.05, 3.63) is 71.9 Å². The highest BCUT2D eigenvalue weighted by atomic mass is 31.2. The van der Waals surface area contributed by atoms with E-state index >= 15 is 0 Å². The number of amides is 2. The summed E-state index contributed by atoms with van der Waals surface area (Å²) in [6.07, 6.45) is 0.887. The molecular weight excluding hydrogens is 525 g/mol. The number of carbonyl (C=O) groups is 2. The van der Waals surface area contributed by atoms with Crippen LogP contribution in [-0.2, 0) is 25.2 Å². The Bertz CT molecular complexity index is 1320. The molecular formula is C24H27F2N4O7P. The summed E-state index contributed by atoms with van der Waals surface area (Å²) >= 11 is 0. The summed E-state index contributed by atoms with van der Waals surface area (Å²) in [6, 6.07) is 11.8. The lowest BCUT2D eigenvalue weighted by atomic mass is 10.1. The Labute approximate surface area is 217 Å². The van der Waals surface area contributed by atoms with E-state index < -0.39 is 37.5 Å². The van der Waals surface area contributed by atoms with Gasteiger partial charge in [0, 0.05) is 30.6 Å². The van der Waals surface area contributed by atoms with E-state index in [0.29, 0.717) is 0 Å². The molecule has 3 rings (SSSR count). The van der Waals surface area contributed by atoms with Gasteiger partial charge in [-0.1, -0.05) is 36.4 Å². The van der Waals surface area contributed by atoms with E-state index in [1.165, 1.54) is 19.1 Å². The number of aromatic nitrogens is 1. The Hall–Kier alpha value is -3.48. The van der Waals surface area contributed by atoms with Crippen LogP contribution in [0.2, 0.25) is 0 Å². The minimum absolute atomic E-state index is 0.0409. The number of pyridine rings is 1. The standard InChI is InChI=1S/C24H27F2N4O7P/c1-16(31)30(28-14-19-8-4-10-21(25)23(19)26)20(9-5-11-37-38(33,34)35)15-36-24(32)29-22-12-17-6-2-3-7-18(17)13-27-22/h2-4,6-8,10,12-13,20,28H,5,9,11,14-15H2,1H3,(H,27,29,32)(H2,33,34,35). The van der Waals surface area contributed by atoms with Gasteiger partial charge in [-0.3, -0.25) is 19.6 Å². The molecule has 0 saturated carbocycles. The predicted octanol–water partition coefficient (Wildman–Crippen LogP) is 3.87. The fourth-order valence-corrected chi connectivity index (χ4v) is 3.97. The summed E-state index contributed by atoms with van der Waals surface area (Å²) < 4.78 is 48.3. The van der Waals surface area contributed by atoms with Crippen LogP contribution in [0.15, 0.2) is 54.7 Å². The van der Waals surface area contributed by atoms with Gasteiger partial charge in [0.1, 0.15) is 12.4 Å². The van der Waals surface area contributed by atoms with E-state index in [4.69, 9.17) is 14.5 Å². The maximum Gasteiger partial charge on any atom is 0.469 e. The molecule has 1 aromatic heterocycles. The number of benzene rings is 2. The minimum atomic E-state index is -4.69. The lowest BCUT2D eigenvalue weighted by Crippen LogP contribution is -2.50. The molecule has 11 nitrogen and oxygen atoms in total. The molecule has 3 aromatic rings. The fraction of sp³-hybridized carbons (Fsp3) is 0.292. The summed E-state index contributed by atoms with van der Waals surface area (Å²) in [4.78, 5) is 46.8. The van der Waals surface area contributed by atoms with Gasteiger partial charge in [0.15, 0.2) is 11.6 Å². The third-order valence-electron chi connectivity index (χ3n) is 5.38. The molecule has 38 heavy (non-hydrogen) atoms. The zero-order valence-corrected chi connectivity index (χ0v) is 21.2. The van der Waals surface area contributed by atoms with Crippen molar-refractivity contribution < 1.29 is 42.0 Å². The predicted molar refractivity (Wildman–Crippen MR) is 133 cm³/mol. The Balaban J connectivity index is 1.67. The molecule has 0 aliphatic rings. The van der Waals surface area contributed by atoms with Crippen LogP contribution in [0.3, 0.4) is 0 Å². The van der Waals surface area contributed by atoms with Crippen LogP contribution in [0.1, 0.15) is 25.3 Å². The molecule has 0 radical (unpaired) electrons. The number of phosphoric acid groups is 1. The average Bonchev–Trinajstić information content (AvgIpc) is 2.86. The number of nitrogens with one attached hydrogen (secondary N) is 2. The van der Waals surface area contributed by atoms with E-state index in [1.54, 1.807) is 12.3 Å². The SMILES string of the molecule is CC(=O)N(NCc1cccc(F)c1F)C(CCCOP(=O)(O)O)COC(=O)Nc1cc2ccccc2cn1. The molecule has 2 aromatic carbocycles. The molecule has 0 aliphatic carbocycles. The Morgan fingerprint density at radius 2 is 1.87 bits per heavy atom. The van der Waals surface area contributed by atoms with Crippen LogP contribution in [0, 0.1) is 11.6 Å². The zero-order chi connectivity index (χ0) is 27.7. The van der Waals surface area contributed by atoms with Gasteiger partial charge >= 0.3 is 13.9 Å². The van der Waals surface area contributed by atoms with Crippen LogP contribution in [-0.4, -0.2) is 51.0 Å². The second-order valence-electron chi connectivity index (χ2n) is 8.20. The van der Waals surface area contributed by atoms with Gasteiger partial charge in [-0.25, -0.2) is 28.6 Å². The number of nitrogens with zero attached hydrogens (tertiary/aromatic N) is 2. The highest BCUT2D eigenvalue weighted by Crippen LogP contribution is 2.35. The molecule has 0 aliphatic heterocycles. The first-order valence-electron chi connectivity index (χ1n) is 11.5. The van der Waals surface area contributed by atoms with Crippen molar-refractivity contribution in [3.8, 4) is 0 Å². The summed E-state index contributed by atoms with van der Waals surface area (Å²) in [5.41, 5.74) is 2.67. The maximum atomic E-state index is 14.1. The molecule has 0 spiro atoms. The molecule has 1 atom stereocenters. The largest absolute Gasteiger partial charge is 0.469 e. The number of rotatable bonds is 12. The quantitative estimate of drug-likeness (QED) is 0.149. The second-order valence-corrected chi connectivity index (χ2v) is 9.44. The number of phosphoric ester groups is 1. The minimum Gasteiger partial charge on any atom is -0.447 e. The Kier molecular flexibility index (Phi) is 10.2. The zero-order valence-electron chi connectivity index (χ0n) is 20.3. The highest BCUT2D eigenvalue weighted by Gasteiger charge is 2.24. The number of anilines is 1. The number of fused-ring (bicyclic) bond motifs is 1. The van der Waals surface area contributed by atoms with Crippen molar-refractivity contribution in [2.24, 2.45) is 0 Å². The Morgan fingerprint density at radius 3 is 2.58 bits per heavy atom. The van der Waals surface area contributed by atoms with Gasteiger partial charge in [-0.05, 0) is 30.4 Å². The molecule has 14 heteroatoms. The van der Waals surface area contributed by atoms with E-state index in [0.717, 1.165) is 21.8 Å². The lowest BCUT2D eigenvalue weighted by Gasteiger charge is -2.31. The second kappa shape index (κ2) is 13.4. The number of ether oxygens (including phenoxy) is 1. The van der Waals surface area contributed by atoms with Crippen molar-refractivity contribution in [1.29, 1.82) is 0 Å². The van der Waals surface area contributed by atoms with E-state index in [2.05, 4.69) is 20.3 Å². The van der Waals surface area contributed by atoms with Crippen molar-refractivity contribution >= 4 is 36.4 Å². The molecule has 1 unspecified atom stereocenters. The number of hydrogen-bond acceptors (Lipinski definition) is 7. The normalized spacial score (nSPS) is 12.2. The number of hydrazine groups is 1. The average molecular weight is 552 g/mol. The van der Waals surface area contributed by atoms with Gasteiger partial charge in [-0.2, -0.15) is 0 Å². The van der Waals surface area contributed by atoms with Crippen LogP contribution in [0.4, 0.5) is 19.4 Å². The molecule has 0 bridgehead atoms. The first kappa shape index (κ1) is 29.1. The van der Waals surface area contributed by atoms with Gasteiger partial charge in [0.25, 0.3) is 0 Å². The number of carbonyl (C=O) groups excluding carboxylic acids is 2. The van der Waals surface area contributed by atoms with E-state index in [9.17, 15) is 22.9 Å². The monoisotopic (exact) mass is 552 g/mol. The molecule has 2 amide bonds. The molecule has 4 N–H and O–H groups in total. The third kappa shape index (κ3) is 8.82. The van der Waals surface area contributed by atoms with Gasteiger partial charge in [0.2, 0.25) is 5.91 Å². The third-order valence-corrected chi connectivity index (χ3v) is 5.90. The topological polar surface area (TPSA) is 150 Å². The van der Waals surface area contributed by atoms with E-state index in [1.807, 2.05) is 24.3 Å². The van der Waals surface area contributed by atoms with Crippen LogP contribution in [0.5, 0.6) is 0 Å². The van der Waals surface area contributed by atoms with Crippen molar-refractivity contribution in [2.45, 2.75) is 32.4 Å². The van der Waals surface area contributed by atoms with Gasteiger partial charge in [-0.15, -0.1) is 0 Å². The van der Waals surface area contributed by atoms with Gasteiger partial charge < -0.3 is 14.5 Å². The molecule has 0 saturated heterocycles. The lowest BCUT2D eigenvalue weighted by molar-refractivity contribution is -0.136. The summed E-state index contributed by atoms with van der Waals surface area (Å²) in [6.45, 7) is 0.283. The molecule has 1 heterocycles. The number of hydrogen-bond donors (Lipinski definition) is 4. The van der Waals surface area contributed by atoms with Crippen molar-refractivity contribution in [1.82, 2.24) is 15.4 Å². The first-order chi connectivity index (χ1) is 18.0. The summed E-state index contributed by atoms with van der Waals surface area (Å²) in [7, 11) is -4.69. The van der Waals surface area contributed by atoms with Crippen LogP contribution in [0.25, 0.3) is 10.8 Å². The highest BCUT2D eigenvalue weighted by molar-refractivity contribution is 7.46. The van der Waals surface area contributed by atoms with E-state index in [-0.39, 0.29) is 44.0 Å². The molecule has 204 valence electrons. The fourth-order valence-electron chi connectivity index (χ4n) is 3.61. The van der Waals surface area contributed by atoms with Crippen LogP contribution < -0.4 is 10.7 Å². The van der Waals surface area contributed by atoms with Crippen molar-refractivity contribution in [2.75, 3.05) is 18.5 Å². The maximum absolute atomic E-state index is 14.1. The smallest absolute Gasteiger partial charge is 0.447 e. The summed E-state index contributed by atoms with van der Waals surface area (Å²) in [5.74, 6) is -2.41. The number of halogens is 2. The van der Waals surface area contributed by atoms with Crippen LogP contribution >= 0.6 is 7.82 Å². The van der Waals surface area contributed by atoms with Gasteiger partial charge in [0.05, 0.1) is 12.6 Å². The first-order valence-corrected chi connectivity index (χ1v) is 13.0. The van der Waals surface area contributed by atoms with Crippen molar-refractivity contribution in [3.63, 3.8) is 0 Å². The summed E-state index contributed by atoms with van der Waals surface area (Å²) in [5, 5.41) is 5.31.